The highest BCUT2D eigenvalue weighted by atomic mass is 35.5. The number of amides is 1. The first kappa shape index (κ1) is 16.0. The zero-order chi connectivity index (χ0) is 16.8. The van der Waals surface area contributed by atoms with E-state index in [1.807, 2.05) is 0 Å². The Labute approximate surface area is 141 Å². The molecule has 1 amide bonds. The van der Waals surface area contributed by atoms with Crippen molar-refractivity contribution < 1.29 is 13.2 Å². The Hall–Kier alpha value is -1.84. The Kier molecular flexibility index (Phi) is 3.95. The van der Waals surface area contributed by atoms with Crippen LogP contribution in [-0.4, -0.2) is 37.1 Å². The number of nitrogens with zero attached hydrogens (tertiary/aromatic N) is 3. The summed E-state index contributed by atoms with van der Waals surface area (Å²) in [6.45, 7) is 0. The molecular formula is C13H11ClN4O3S2. The number of carbonyl (C=O) groups excluding carboxylic acids is 1. The molecule has 0 spiro atoms. The summed E-state index contributed by atoms with van der Waals surface area (Å²) in [5, 5.41) is 0.737. The minimum atomic E-state index is -3.73. The lowest BCUT2D eigenvalue weighted by atomic mass is 10.1. The zero-order valence-corrected chi connectivity index (χ0v) is 14.2. The van der Waals surface area contributed by atoms with Gasteiger partial charge in [0.1, 0.15) is 4.90 Å². The lowest BCUT2D eigenvalue weighted by molar-refractivity contribution is -0.115. The number of aromatic nitrogens is 2. The zero-order valence-electron chi connectivity index (χ0n) is 11.9. The number of nitrogens with two attached hydrogens (primary N) is 1. The predicted molar refractivity (Wildman–Crippen MR) is 88.0 cm³/mol. The van der Waals surface area contributed by atoms with Gasteiger partial charge in [0.25, 0.3) is 10.0 Å². The highest BCUT2D eigenvalue weighted by Gasteiger charge is 2.34. The second kappa shape index (κ2) is 5.66. The van der Waals surface area contributed by atoms with E-state index >= 15 is 0 Å². The second-order valence-electron chi connectivity index (χ2n) is 4.75. The summed E-state index contributed by atoms with van der Waals surface area (Å²) in [5.41, 5.74) is 6.44. The molecule has 0 saturated heterocycles. The van der Waals surface area contributed by atoms with Crippen LogP contribution in [-0.2, 0) is 14.8 Å². The number of hydrogen-bond acceptors (Lipinski definition) is 6. The van der Waals surface area contributed by atoms with E-state index in [1.165, 1.54) is 17.5 Å². The third-order valence-electron chi connectivity index (χ3n) is 3.27. The average molecular weight is 371 g/mol. The first-order chi connectivity index (χ1) is 10.8. The maximum atomic E-state index is 12.6. The molecule has 0 fully saturated rings. The Bertz CT molecular complexity index is 917. The van der Waals surface area contributed by atoms with E-state index < -0.39 is 15.9 Å². The second-order valence-corrected chi connectivity index (χ2v) is 8.07. The number of benzene rings is 1. The average Bonchev–Trinajstić information content (AvgIpc) is 2.50. The maximum absolute atomic E-state index is 12.6. The molecule has 10 heteroatoms. The molecule has 1 aliphatic heterocycles. The van der Waals surface area contributed by atoms with E-state index in [9.17, 15) is 13.2 Å². The smallest absolute Gasteiger partial charge is 0.267 e. The van der Waals surface area contributed by atoms with Gasteiger partial charge in [-0.25, -0.2) is 18.4 Å². The fourth-order valence-electron chi connectivity index (χ4n) is 2.19. The van der Waals surface area contributed by atoms with Gasteiger partial charge in [-0.05, 0) is 18.2 Å². The summed E-state index contributed by atoms with van der Waals surface area (Å²) in [5.74, 6) is -0.500. The quantitative estimate of drug-likeness (QED) is 0.648. The van der Waals surface area contributed by atoms with Crippen LogP contribution in [0.5, 0.6) is 0 Å². The number of halogens is 1. The van der Waals surface area contributed by atoms with Gasteiger partial charge in [0, 0.05) is 17.6 Å². The highest BCUT2D eigenvalue weighted by molar-refractivity contribution is 7.99. The van der Waals surface area contributed by atoms with Crippen LogP contribution in [0.4, 0.5) is 5.69 Å². The van der Waals surface area contributed by atoms with Crippen LogP contribution >= 0.6 is 23.4 Å². The molecule has 1 aromatic carbocycles. The molecule has 1 aromatic heterocycles. The van der Waals surface area contributed by atoms with Crippen LogP contribution in [0.25, 0.3) is 11.3 Å². The Balaban J connectivity index is 2.20. The van der Waals surface area contributed by atoms with Gasteiger partial charge in [-0.1, -0.05) is 23.4 Å². The van der Waals surface area contributed by atoms with Crippen LogP contribution < -0.4 is 10.0 Å². The summed E-state index contributed by atoms with van der Waals surface area (Å²) in [6.07, 6.45) is 1.24. The van der Waals surface area contributed by atoms with Crippen molar-refractivity contribution in [2.45, 2.75) is 10.1 Å². The third kappa shape index (κ3) is 2.75. The van der Waals surface area contributed by atoms with E-state index in [2.05, 4.69) is 9.97 Å². The molecule has 2 N–H and O–H groups in total. The molecule has 3 rings (SSSR count). The lowest BCUT2D eigenvalue weighted by Crippen LogP contribution is -2.31. The molecule has 1 aliphatic rings. The van der Waals surface area contributed by atoms with Crippen molar-refractivity contribution in [1.82, 2.24) is 9.97 Å². The Morgan fingerprint density at radius 1 is 1.43 bits per heavy atom. The van der Waals surface area contributed by atoms with Crippen molar-refractivity contribution in [3.05, 3.63) is 29.4 Å². The van der Waals surface area contributed by atoms with Crippen molar-refractivity contribution in [2.24, 2.45) is 5.73 Å². The van der Waals surface area contributed by atoms with Gasteiger partial charge < -0.3 is 5.73 Å². The van der Waals surface area contributed by atoms with Crippen LogP contribution in [0.3, 0.4) is 0 Å². The topological polar surface area (TPSA) is 106 Å². The van der Waals surface area contributed by atoms with Crippen molar-refractivity contribution in [3.8, 4) is 11.3 Å². The SMILES string of the molecule is CN1c2ccc(Cl)cc2-c2nc(SCC(N)=O)ncc2S1(=O)=O. The lowest BCUT2D eigenvalue weighted by Gasteiger charge is -2.28. The molecule has 120 valence electrons. The van der Waals surface area contributed by atoms with Gasteiger partial charge in [-0.15, -0.1) is 0 Å². The minimum absolute atomic E-state index is 0.00167. The van der Waals surface area contributed by atoms with Gasteiger partial charge in [-0.2, -0.15) is 0 Å². The summed E-state index contributed by atoms with van der Waals surface area (Å²) in [6, 6.07) is 4.88. The molecule has 0 bridgehead atoms. The van der Waals surface area contributed by atoms with Crippen LogP contribution in [0, 0.1) is 0 Å². The first-order valence-corrected chi connectivity index (χ1v) is 9.18. The van der Waals surface area contributed by atoms with E-state index in [0.717, 1.165) is 11.8 Å². The van der Waals surface area contributed by atoms with Gasteiger partial charge in [0.05, 0.1) is 23.3 Å². The molecule has 0 saturated carbocycles. The van der Waals surface area contributed by atoms with E-state index in [0.29, 0.717) is 16.3 Å². The number of rotatable bonds is 3. The van der Waals surface area contributed by atoms with Gasteiger partial charge >= 0.3 is 0 Å². The Morgan fingerprint density at radius 2 is 2.17 bits per heavy atom. The summed E-state index contributed by atoms with van der Waals surface area (Å²) in [7, 11) is -2.27. The number of carbonyl (C=O) groups is 1. The van der Waals surface area contributed by atoms with E-state index in [1.54, 1.807) is 18.2 Å². The highest BCUT2D eigenvalue weighted by Crippen LogP contribution is 2.42. The monoisotopic (exact) mass is 370 g/mol. The number of hydrogen-bond donors (Lipinski definition) is 1. The molecule has 23 heavy (non-hydrogen) atoms. The molecule has 7 nitrogen and oxygen atoms in total. The fraction of sp³-hybridized carbons (Fsp3) is 0.154. The third-order valence-corrected chi connectivity index (χ3v) is 6.16. The van der Waals surface area contributed by atoms with Crippen LogP contribution in [0.15, 0.2) is 34.4 Å². The number of anilines is 1. The summed E-state index contributed by atoms with van der Waals surface area (Å²) in [4.78, 5) is 19.1. The van der Waals surface area contributed by atoms with Gasteiger partial charge in [0.2, 0.25) is 5.91 Å². The Morgan fingerprint density at radius 3 is 2.87 bits per heavy atom. The maximum Gasteiger partial charge on any atom is 0.267 e. The number of fused-ring (bicyclic) bond motifs is 3. The number of sulfonamides is 1. The largest absolute Gasteiger partial charge is 0.369 e. The molecular weight excluding hydrogens is 360 g/mol. The normalized spacial score (nSPS) is 15.0. The molecule has 2 aromatic rings. The van der Waals surface area contributed by atoms with Gasteiger partial charge in [0.15, 0.2) is 5.16 Å². The molecule has 0 unspecified atom stereocenters. The number of thioether (sulfide) groups is 1. The van der Waals surface area contributed by atoms with Crippen LogP contribution in [0.1, 0.15) is 0 Å². The molecule has 0 radical (unpaired) electrons. The van der Waals surface area contributed by atoms with Crippen LogP contribution in [0.2, 0.25) is 5.02 Å². The van der Waals surface area contributed by atoms with Crippen molar-refractivity contribution >= 4 is 45.0 Å². The minimum Gasteiger partial charge on any atom is -0.369 e. The first-order valence-electron chi connectivity index (χ1n) is 6.37. The standard InChI is InChI=1S/C13H11ClN4O3S2/c1-18-9-3-2-7(14)4-8(9)12-10(23(18,20)21)5-16-13(17-12)22-6-11(15)19/h2-5H,6H2,1H3,(H2,15,19). The van der Waals surface area contributed by atoms with Gasteiger partial charge in [-0.3, -0.25) is 9.10 Å². The fourth-order valence-corrected chi connectivity index (χ4v) is 4.22. The van der Waals surface area contributed by atoms with Crippen molar-refractivity contribution in [2.75, 3.05) is 17.1 Å². The van der Waals surface area contributed by atoms with Crippen molar-refractivity contribution in [3.63, 3.8) is 0 Å². The summed E-state index contributed by atoms with van der Waals surface area (Å²) >= 11 is 7.07. The molecule has 2 heterocycles. The molecule has 0 atom stereocenters. The van der Waals surface area contributed by atoms with Crippen molar-refractivity contribution in [1.29, 1.82) is 0 Å². The number of primary amides is 1. The van der Waals surface area contributed by atoms with E-state index in [4.69, 9.17) is 17.3 Å². The predicted octanol–water partition coefficient (Wildman–Crippen LogP) is 1.51. The van der Waals surface area contributed by atoms with E-state index in [-0.39, 0.29) is 21.5 Å². The molecule has 0 aliphatic carbocycles. The summed E-state index contributed by atoms with van der Waals surface area (Å²) < 4.78 is 26.3.